The lowest BCUT2D eigenvalue weighted by molar-refractivity contribution is 0.0958. The summed E-state index contributed by atoms with van der Waals surface area (Å²) in [5.41, 5.74) is 12.7. The fourth-order valence-corrected chi connectivity index (χ4v) is 3.54. The fourth-order valence-electron chi connectivity index (χ4n) is 3.54. The summed E-state index contributed by atoms with van der Waals surface area (Å²) in [4.78, 5) is 25.0. The Hall–Kier alpha value is -4.08. The Bertz CT molecular complexity index is 1090. The first-order valence-electron chi connectivity index (χ1n) is 10.1. The standard InChI is InChI=1S/C22H24FN7O2/c1-32-16-8-6-15(7-9-16)29-10-12-30(13-11-29)21-19(24)20(25-14-26-21)27-28-22(31)17-4-2-3-5-18(17)23/h2-9,14H,10-13,24H2,1H3,(H,28,31)(H,25,26,27). The summed E-state index contributed by atoms with van der Waals surface area (Å²) < 4.78 is 19.0. The van der Waals surface area contributed by atoms with Gasteiger partial charge in [0.1, 0.15) is 23.6 Å². The zero-order valence-electron chi connectivity index (χ0n) is 17.6. The van der Waals surface area contributed by atoms with Crippen LogP contribution in [0.3, 0.4) is 0 Å². The van der Waals surface area contributed by atoms with Crippen LogP contribution in [-0.2, 0) is 0 Å². The topological polar surface area (TPSA) is 109 Å². The predicted octanol–water partition coefficient (Wildman–Crippen LogP) is 2.29. The smallest absolute Gasteiger partial charge is 0.272 e. The normalized spacial score (nSPS) is 13.6. The molecule has 3 aromatic rings. The van der Waals surface area contributed by atoms with E-state index in [1.165, 1.54) is 24.5 Å². The van der Waals surface area contributed by atoms with Gasteiger partial charge in [0.2, 0.25) is 0 Å². The molecule has 32 heavy (non-hydrogen) atoms. The van der Waals surface area contributed by atoms with Crippen LogP contribution in [0.4, 0.5) is 27.4 Å². The number of anilines is 4. The van der Waals surface area contributed by atoms with Crippen molar-refractivity contribution in [3.8, 4) is 5.75 Å². The quantitative estimate of drug-likeness (QED) is 0.504. The zero-order chi connectivity index (χ0) is 22.5. The molecular weight excluding hydrogens is 413 g/mol. The van der Waals surface area contributed by atoms with Crippen LogP contribution in [0.5, 0.6) is 5.75 Å². The van der Waals surface area contributed by atoms with Gasteiger partial charge in [0.25, 0.3) is 5.91 Å². The number of nitrogen functional groups attached to an aromatic ring is 1. The first-order chi connectivity index (χ1) is 15.6. The van der Waals surface area contributed by atoms with Crippen LogP contribution in [0.1, 0.15) is 10.4 Å². The molecular formula is C22H24FN7O2. The number of aromatic nitrogens is 2. The highest BCUT2D eigenvalue weighted by atomic mass is 19.1. The van der Waals surface area contributed by atoms with Crippen molar-refractivity contribution in [1.82, 2.24) is 15.4 Å². The molecule has 2 aromatic carbocycles. The van der Waals surface area contributed by atoms with Gasteiger partial charge in [-0.15, -0.1) is 0 Å². The molecule has 2 heterocycles. The molecule has 0 spiro atoms. The average Bonchev–Trinajstić information content (AvgIpc) is 2.84. The van der Waals surface area contributed by atoms with E-state index in [9.17, 15) is 9.18 Å². The van der Waals surface area contributed by atoms with E-state index in [-0.39, 0.29) is 11.4 Å². The lowest BCUT2D eigenvalue weighted by Crippen LogP contribution is -2.47. The number of piperazine rings is 1. The SMILES string of the molecule is COc1ccc(N2CCN(c3ncnc(NNC(=O)c4ccccc4F)c3N)CC2)cc1. The summed E-state index contributed by atoms with van der Waals surface area (Å²) in [6.07, 6.45) is 1.37. The van der Waals surface area contributed by atoms with Crippen LogP contribution in [0.15, 0.2) is 54.9 Å². The molecule has 1 aliphatic heterocycles. The highest BCUT2D eigenvalue weighted by Gasteiger charge is 2.22. The van der Waals surface area contributed by atoms with E-state index in [4.69, 9.17) is 10.5 Å². The van der Waals surface area contributed by atoms with Crippen molar-refractivity contribution in [1.29, 1.82) is 0 Å². The number of amides is 1. The van der Waals surface area contributed by atoms with E-state index in [0.717, 1.165) is 24.5 Å². The third-order valence-corrected chi connectivity index (χ3v) is 5.29. The maximum absolute atomic E-state index is 13.8. The third kappa shape index (κ3) is 4.48. The number of nitrogens with one attached hydrogen (secondary N) is 2. The largest absolute Gasteiger partial charge is 0.497 e. The van der Waals surface area contributed by atoms with Gasteiger partial charge in [-0.25, -0.2) is 14.4 Å². The number of halogens is 1. The number of rotatable bonds is 6. The molecule has 9 nitrogen and oxygen atoms in total. The van der Waals surface area contributed by atoms with Gasteiger partial charge in [-0.05, 0) is 36.4 Å². The zero-order valence-corrected chi connectivity index (χ0v) is 17.6. The van der Waals surface area contributed by atoms with Crippen molar-refractivity contribution in [3.63, 3.8) is 0 Å². The lowest BCUT2D eigenvalue weighted by Gasteiger charge is -2.37. The Kier molecular flexibility index (Phi) is 6.20. The minimum atomic E-state index is -0.629. The minimum absolute atomic E-state index is 0.0810. The van der Waals surface area contributed by atoms with Crippen LogP contribution in [-0.4, -0.2) is 49.2 Å². The van der Waals surface area contributed by atoms with Crippen molar-refractivity contribution in [3.05, 3.63) is 66.2 Å². The van der Waals surface area contributed by atoms with Gasteiger partial charge >= 0.3 is 0 Å². The molecule has 0 radical (unpaired) electrons. The second-order valence-electron chi connectivity index (χ2n) is 7.19. The first-order valence-corrected chi connectivity index (χ1v) is 10.1. The Morgan fingerprint density at radius 1 is 1.03 bits per heavy atom. The molecule has 1 fully saturated rings. The maximum Gasteiger partial charge on any atom is 0.272 e. The highest BCUT2D eigenvalue weighted by Crippen LogP contribution is 2.28. The predicted molar refractivity (Wildman–Crippen MR) is 121 cm³/mol. The van der Waals surface area contributed by atoms with Crippen LogP contribution >= 0.6 is 0 Å². The number of methoxy groups -OCH3 is 1. The number of nitrogens with zero attached hydrogens (tertiary/aromatic N) is 4. The van der Waals surface area contributed by atoms with E-state index in [2.05, 4.69) is 30.6 Å². The van der Waals surface area contributed by atoms with Crippen LogP contribution in [0.2, 0.25) is 0 Å². The minimum Gasteiger partial charge on any atom is -0.497 e. The van der Waals surface area contributed by atoms with Gasteiger partial charge < -0.3 is 20.3 Å². The van der Waals surface area contributed by atoms with Crippen molar-refractivity contribution in [2.75, 3.05) is 54.2 Å². The van der Waals surface area contributed by atoms with E-state index in [1.54, 1.807) is 13.2 Å². The van der Waals surface area contributed by atoms with Gasteiger partial charge in [-0.1, -0.05) is 12.1 Å². The van der Waals surface area contributed by atoms with E-state index in [0.29, 0.717) is 24.6 Å². The van der Waals surface area contributed by atoms with Crippen LogP contribution in [0.25, 0.3) is 0 Å². The summed E-state index contributed by atoms with van der Waals surface area (Å²) in [5, 5.41) is 0. The fraction of sp³-hybridized carbons (Fsp3) is 0.227. The first kappa shape index (κ1) is 21.2. The number of hydrogen-bond donors (Lipinski definition) is 3. The highest BCUT2D eigenvalue weighted by molar-refractivity contribution is 5.95. The van der Waals surface area contributed by atoms with Crippen LogP contribution in [0, 0.1) is 5.82 Å². The molecule has 1 aliphatic rings. The number of ether oxygens (including phenoxy) is 1. The number of carbonyl (C=O) groups is 1. The molecule has 0 aliphatic carbocycles. The van der Waals surface area contributed by atoms with Gasteiger partial charge in [-0.3, -0.25) is 15.6 Å². The molecule has 1 aromatic heterocycles. The Morgan fingerprint density at radius 3 is 2.41 bits per heavy atom. The summed E-state index contributed by atoms with van der Waals surface area (Å²) in [7, 11) is 1.65. The van der Waals surface area contributed by atoms with E-state index >= 15 is 0 Å². The molecule has 10 heteroatoms. The number of hydrazine groups is 1. The molecule has 4 N–H and O–H groups in total. The van der Waals surface area contributed by atoms with Gasteiger partial charge in [0, 0.05) is 31.9 Å². The van der Waals surface area contributed by atoms with E-state index < -0.39 is 11.7 Å². The molecule has 4 rings (SSSR count). The van der Waals surface area contributed by atoms with Crippen molar-refractivity contribution in [2.24, 2.45) is 0 Å². The molecule has 166 valence electrons. The molecule has 0 bridgehead atoms. The number of nitrogens with two attached hydrogens (primary N) is 1. The van der Waals surface area contributed by atoms with Gasteiger partial charge in [0.15, 0.2) is 11.6 Å². The Balaban J connectivity index is 1.39. The van der Waals surface area contributed by atoms with Crippen LogP contribution < -0.4 is 31.1 Å². The molecule has 0 atom stereocenters. The second-order valence-corrected chi connectivity index (χ2v) is 7.19. The molecule has 1 amide bonds. The number of carbonyl (C=O) groups excluding carboxylic acids is 1. The molecule has 0 unspecified atom stereocenters. The monoisotopic (exact) mass is 437 g/mol. The van der Waals surface area contributed by atoms with Crippen molar-refractivity contribution >= 4 is 28.9 Å². The van der Waals surface area contributed by atoms with Crippen molar-refractivity contribution in [2.45, 2.75) is 0 Å². The summed E-state index contributed by atoms with van der Waals surface area (Å²) in [5.74, 6) is 0.409. The summed E-state index contributed by atoms with van der Waals surface area (Å²) in [6, 6.07) is 13.7. The number of hydrogen-bond acceptors (Lipinski definition) is 8. The third-order valence-electron chi connectivity index (χ3n) is 5.29. The Labute approximate surface area is 185 Å². The lowest BCUT2D eigenvalue weighted by atomic mass is 10.2. The number of benzene rings is 2. The second kappa shape index (κ2) is 9.38. The average molecular weight is 437 g/mol. The van der Waals surface area contributed by atoms with Crippen molar-refractivity contribution < 1.29 is 13.9 Å². The summed E-state index contributed by atoms with van der Waals surface area (Å²) in [6.45, 7) is 3.02. The van der Waals surface area contributed by atoms with Gasteiger partial charge in [0.05, 0.1) is 12.7 Å². The Morgan fingerprint density at radius 2 is 1.72 bits per heavy atom. The van der Waals surface area contributed by atoms with Gasteiger partial charge in [-0.2, -0.15) is 0 Å². The summed E-state index contributed by atoms with van der Waals surface area (Å²) >= 11 is 0. The molecule has 0 saturated carbocycles. The maximum atomic E-state index is 13.8. The van der Waals surface area contributed by atoms with E-state index in [1.807, 2.05) is 24.3 Å². The molecule has 1 saturated heterocycles.